The Hall–Kier alpha value is -3.21. The number of likely N-dealkylation sites (tertiary alicyclic amines) is 1. The Kier molecular flexibility index (Phi) is 11.1. The van der Waals surface area contributed by atoms with E-state index in [0.717, 1.165) is 0 Å². The van der Waals surface area contributed by atoms with Crippen LogP contribution >= 0.6 is 11.6 Å². The zero-order valence-electron chi connectivity index (χ0n) is 20.5. The van der Waals surface area contributed by atoms with Gasteiger partial charge in [-0.3, -0.25) is 24.6 Å². The Morgan fingerprint density at radius 1 is 1.19 bits per heavy atom. The van der Waals surface area contributed by atoms with Gasteiger partial charge in [0.1, 0.15) is 18.8 Å². The number of nitrogens with zero attached hydrogens (tertiary/aromatic N) is 1. The lowest BCUT2D eigenvalue weighted by molar-refractivity contribution is -0.141. The van der Waals surface area contributed by atoms with Crippen LogP contribution in [0.15, 0.2) is 24.3 Å². The van der Waals surface area contributed by atoms with Crippen LogP contribution in [-0.2, 0) is 14.4 Å². The van der Waals surface area contributed by atoms with Crippen LogP contribution in [0.25, 0.3) is 0 Å². The number of ketones is 1. The minimum atomic E-state index is -1.23. The highest BCUT2D eigenvalue weighted by atomic mass is 35.5. The zero-order chi connectivity index (χ0) is 26.8. The van der Waals surface area contributed by atoms with Crippen LogP contribution < -0.4 is 21.7 Å². The molecule has 1 heterocycles. The number of benzene rings is 1. The number of nitrogens with one attached hydrogen (secondary N) is 4. The molecule has 0 radical (unpaired) electrons. The van der Waals surface area contributed by atoms with Crippen molar-refractivity contribution in [2.75, 3.05) is 19.8 Å². The Morgan fingerprint density at radius 3 is 2.44 bits per heavy atom. The SMILES string of the molecule is CC(C)C(NC(=O)c1ccc(Cl)cc1)C(=O)N1CCC[C@H]1C(=O)N[C@@H](CCCNC(=N)N)C(=O)CF. The molecule has 3 atom stereocenters. The molecule has 0 saturated carbocycles. The van der Waals surface area contributed by atoms with Crippen LogP contribution in [-0.4, -0.2) is 72.3 Å². The van der Waals surface area contributed by atoms with Crippen molar-refractivity contribution in [2.45, 2.75) is 57.7 Å². The highest BCUT2D eigenvalue weighted by Crippen LogP contribution is 2.21. The van der Waals surface area contributed by atoms with Crippen LogP contribution in [0.4, 0.5) is 4.39 Å². The number of halogens is 2. The first-order chi connectivity index (χ1) is 17.0. The van der Waals surface area contributed by atoms with E-state index in [0.29, 0.717) is 42.9 Å². The number of rotatable bonds is 12. The molecule has 12 heteroatoms. The van der Waals surface area contributed by atoms with Gasteiger partial charge in [-0.05, 0) is 55.9 Å². The second kappa shape index (κ2) is 13.8. The number of carbonyl (C=O) groups is 4. The number of guanidine groups is 1. The van der Waals surface area contributed by atoms with E-state index < -0.39 is 48.3 Å². The number of hydrogen-bond donors (Lipinski definition) is 5. The van der Waals surface area contributed by atoms with Gasteiger partial charge >= 0.3 is 0 Å². The fourth-order valence-corrected chi connectivity index (χ4v) is 4.15. The van der Waals surface area contributed by atoms with Crippen molar-refractivity contribution in [3.8, 4) is 0 Å². The molecule has 36 heavy (non-hydrogen) atoms. The lowest BCUT2D eigenvalue weighted by Crippen LogP contribution is -2.56. The molecule has 198 valence electrons. The Labute approximate surface area is 215 Å². The normalized spacial score (nSPS) is 16.8. The van der Waals surface area contributed by atoms with Crippen molar-refractivity contribution in [1.82, 2.24) is 20.9 Å². The highest BCUT2D eigenvalue weighted by Gasteiger charge is 2.39. The van der Waals surface area contributed by atoms with E-state index in [9.17, 15) is 23.6 Å². The van der Waals surface area contributed by atoms with Crippen LogP contribution in [0, 0.1) is 11.3 Å². The van der Waals surface area contributed by atoms with Gasteiger partial charge in [-0.2, -0.15) is 0 Å². The second-order valence-electron chi connectivity index (χ2n) is 9.04. The molecule has 1 aromatic carbocycles. The van der Waals surface area contributed by atoms with E-state index in [-0.39, 0.29) is 18.3 Å². The predicted molar refractivity (Wildman–Crippen MR) is 134 cm³/mol. The Balaban J connectivity index is 2.08. The van der Waals surface area contributed by atoms with Crippen molar-refractivity contribution in [3.05, 3.63) is 34.9 Å². The van der Waals surface area contributed by atoms with Gasteiger partial charge in [0, 0.05) is 23.7 Å². The summed E-state index contributed by atoms with van der Waals surface area (Å²) in [5.41, 5.74) is 5.57. The van der Waals surface area contributed by atoms with E-state index in [2.05, 4.69) is 16.0 Å². The molecule has 0 spiro atoms. The third kappa shape index (κ3) is 8.18. The summed E-state index contributed by atoms with van der Waals surface area (Å²) in [5, 5.41) is 15.6. The molecule has 1 aliphatic heterocycles. The average molecular weight is 525 g/mol. The number of amides is 3. The summed E-state index contributed by atoms with van der Waals surface area (Å²) in [6.07, 6.45) is 1.48. The number of carbonyl (C=O) groups excluding carboxylic acids is 4. The number of alkyl halides is 1. The minimum Gasteiger partial charge on any atom is -0.370 e. The predicted octanol–water partition coefficient (Wildman–Crippen LogP) is 1.37. The summed E-state index contributed by atoms with van der Waals surface area (Å²) in [4.78, 5) is 52.7. The van der Waals surface area contributed by atoms with Gasteiger partial charge in [0.2, 0.25) is 11.8 Å². The third-order valence-electron chi connectivity index (χ3n) is 5.99. The molecule has 6 N–H and O–H groups in total. The van der Waals surface area contributed by atoms with E-state index in [1.54, 1.807) is 38.1 Å². The maximum atomic E-state index is 13.4. The molecule has 3 amide bonds. The zero-order valence-corrected chi connectivity index (χ0v) is 21.2. The van der Waals surface area contributed by atoms with Crippen molar-refractivity contribution < 1.29 is 23.6 Å². The molecule has 0 aromatic heterocycles. The van der Waals surface area contributed by atoms with Crippen molar-refractivity contribution in [2.24, 2.45) is 11.7 Å². The minimum absolute atomic E-state index is 0.154. The number of Topliss-reactive ketones (excluding diaryl/α,β-unsaturated/α-hetero) is 1. The van der Waals surface area contributed by atoms with Gasteiger partial charge in [-0.15, -0.1) is 0 Å². The van der Waals surface area contributed by atoms with Crippen LogP contribution in [0.1, 0.15) is 49.9 Å². The molecule has 1 saturated heterocycles. The quantitative estimate of drug-likeness (QED) is 0.158. The lowest BCUT2D eigenvalue weighted by Gasteiger charge is -2.31. The Bertz CT molecular complexity index is 958. The summed E-state index contributed by atoms with van der Waals surface area (Å²) in [5.74, 6) is -2.63. The van der Waals surface area contributed by atoms with Gasteiger partial charge in [0.05, 0.1) is 6.04 Å². The van der Waals surface area contributed by atoms with Crippen LogP contribution in [0.2, 0.25) is 5.02 Å². The van der Waals surface area contributed by atoms with Gasteiger partial charge in [0.25, 0.3) is 5.91 Å². The molecule has 1 aromatic rings. The summed E-state index contributed by atoms with van der Waals surface area (Å²) < 4.78 is 13.1. The maximum Gasteiger partial charge on any atom is 0.251 e. The molecule has 0 bridgehead atoms. The largest absolute Gasteiger partial charge is 0.370 e. The number of nitrogens with two attached hydrogens (primary N) is 1. The van der Waals surface area contributed by atoms with Crippen molar-refractivity contribution in [3.63, 3.8) is 0 Å². The Morgan fingerprint density at radius 2 is 1.86 bits per heavy atom. The fourth-order valence-electron chi connectivity index (χ4n) is 4.03. The first-order valence-corrected chi connectivity index (χ1v) is 12.3. The lowest BCUT2D eigenvalue weighted by atomic mass is 10.0. The summed E-state index contributed by atoms with van der Waals surface area (Å²) in [6.45, 7) is 2.96. The highest BCUT2D eigenvalue weighted by molar-refractivity contribution is 6.30. The van der Waals surface area contributed by atoms with Crippen LogP contribution in [0.5, 0.6) is 0 Å². The first-order valence-electron chi connectivity index (χ1n) is 11.9. The standard InChI is InChI=1S/C24H34ClFN6O4/c1-14(2)20(31-21(34)15-7-9-16(25)10-8-15)23(36)32-12-4-6-18(32)22(35)30-17(19(33)13-26)5-3-11-29-24(27)28/h7-10,14,17-18,20H,3-6,11-13H2,1-2H3,(H,30,35)(H,31,34)(H4,27,28,29)/t17-,18-,20?/m0/s1. The smallest absolute Gasteiger partial charge is 0.251 e. The summed E-state index contributed by atoms with van der Waals surface area (Å²) >= 11 is 5.88. The van der Waals surface area contributed by atoms with Gasteiger partial charge in [-0.1, -0.05) is 25.4 Å². The van der Waals surface area contributed by atoms with Gasteiger partial charge in [0.15, 0.2) is 11.7 Å². The van der Waals surface area contributed by atoms with E-state index in [1.165, 1.54) is 4.90 Å². The number of hydrogen-bond acceptors (Lipinski definition) is 5. The molecule has 0 aliphatic carbocycles. The van der Waals surface area contributed by atoms with Gasteiger partial charge in [-0.25, -0.2) is 4.39 Å². The van der Waals surface area contributed by atoms with E-state index in [4.69, 9.17) is 22.7 Å². The topological polar surface area (TPSA) is 157 Å². The molecule has 1 aliphatic rings. The van der Waals surface area contributed by atoms with Gasteiger partial charge < -0.3 is 26.6 Å². The monoisotopic (exact) mass is 524 g/mol. The van der Waals surface area contributed by atoms with E-state index >= 15 is 0 Å². The van der Waals surface area contributed by atoms with Crippen molar-refractivity contribution >= 4 is 41.1 Å². The molecule has 1 fully saturated rings. The molecular weight excluding hydrogens is 491 g/mol. The first kappa shape index (κ1) is 29.0. The third-order valence-corrected chi connectivity index (χ3v) is 6.24. The van der Waals surface area contributed by atoms with Crippen molar-refractivity contribution in [1.29, 1.82) is 5.41 Å². The van der Waals surface area contributed by atoms with Crippen LogP contribution in [0.3, 0.4) is 0 Å². The average Bonchev–Trinajstić information content (AvgIpc) is 3.33. The summed E-state index contributed by atoms with van der Waals surface area (Å²) in [6, 6.07) is 3.50. The molecule has 10 nitrogen and oxygen atoms in total. The maximum absolute atomic E-state index is 13.4. The fraction of sp³-hybridized carbons (Fsp3) is 0.542. The molecule has 2 rings (SSSR count). The molecule has 1 unspecified atom stereocenters. The molecular formula is C24H34ClFN6O4. The summed E-state index contributed by atoms with van der Waals surface area (Å²) in [7, 11) is 0. The van der Waals surface area contributed by atoms with E-state index in [1.807, 2.05) is 0 Å². The second-order valence-corrected chi connectivity index (χ2v) is 9.47.